The van der Waals surface area contributed by atoms with E-state index < -0.39 is 16.1 Å². The first-order valence-corrected chi connectivity index (χ1v) is 9.28. The van der Waals surface area contributed by atoms with Gasteiger partial charge in [-0.05, 0) is 49.2 Å². The first-order valence-electron chi connectivity index (χ1n) is 7.47. The van der Waals surface area contributed by atoms with Gasteiger partial charge in [-0.25, -0.2) is 8.42 Å². The molecule has 1 aromatic heterocycles. The van der Waals surface area contributed by atoms with Crippen molar-refractivity contribution in [2.45, 2.75) is 23.8 Å². The number of halogens is 1. The van der Waals surface area contributed by atoms with E-state index in [0.717, 1.165) is 0 Å². The minimum atomic E-state index is -3.74. The van der Waals surface area contributed by atoms with E-state index in [1.54, 1.807) is 24.5 Å². The van der Waals surface area contributed by atoms with Gasteiger partial charge in [0.25, 0.3) is 0 Å². The van der Waals surface area contributed by atoms with Crippen molar-refractivity contribution in [1.29, 1.82) is 0 Å². The Labute approximate surface area is 145 Å². The number of sulfonamides is 1. The van der Waals surface area contributed by atoms with Crippen LogP contribution >= 0.6 is 11.6 Å². The van der Waals surface area contributed by atoms with Gasteiger partial charge in [-0.3, -0.25) is 9.78 Å². The molecule has 1 fully saturated rings. The summed E-state index contributed by atoms with van der Waals surface area (Å²) in [7, 11) is -3.74. The summed E-state index contributed by atoms with van der Waals surface area (Å²) in [5.74, 6) is -0.337. The molecule has 1 N–H and O–H groups in total. The van der Waals surface area contributed by atoms with Gasteiger partial charge in [0.15, 0.2) is 0 Å². The Kier molecular flexibility index (Phi) is 4.84. The SMILES string of the molecule is O=C(Nc1ccncc1)[C@H]1CCCN1S(=O)(=O)c1ccc(Cl)cc1. The molecular weight excluding hydrogens is 350 g/mol. The molecule has 0 saturated carbocycles. The maximum Gasteiger partial charge on any atom is 0.243 e. The standard InChI is InChI=1S/C16H16ClN3O3S/c17-12-3-5-14(6-4-12)24(22,23)20-11-1-2-15(20)16(21)19-13-7-9-18-10-8-13/h3-10,15H,1-2,11H2,(H,18,19,21)/t15-/m1/s1. The van der Waals surface area contributed by atoms with Crippen molar-refractivity contribution in [2.24, 2.45) is 0 Å². The number of pyridine rings is 1. The predicted octanol–water partition coefficient (Wildman–Crippen LogP) is 2.53. The van der Waals surface area contributed by atoms with Crippen molar-refractivity contribution >= 4 is 33.2 Å². The van der Waals surface area contributed by atoms with Gasteiger partial charge in [-0.1, -0.05) is 11.6 Å². The van der Waals surface area contributed by atoms with Gasteiger partial charge in [0.05, 0.1) is 4.90 Å². The second-order valence-corrected chi connectivity index (χ2v) is 7.78. The first kappa shape index (κ1) is 16.9. The van der Waals surface area contributed by atoms with Crippen molar-refractivity contribution in [3.8, 4) is 0 Å². The summed E-state index contributed by atoms with van der Waals surface area (Å²) in [6.07, 6.45) is 4.25. The largest absolute Gasteiger partial charge is 0.325 e. The molecule has 126 valence electrons. The van der Waals surface area contributed by atoms with Crippen molar-refractivity contribution < 1.29 is 13.2 Å². The molecule has 1 aliphatic rings. The number of nitrogens with zero attached hydrogens (tertiary/aromatic N) is 2. The molecule has 1 aromatic carbocycles. The third kappa shape index (κ3) is 3.43. The molecule has 6 nitrogen and oxygen atoms in total. The van der Waals surface area contributed by atoms with Crippen LogP contribution in [-0.2, 0) is 14.8 Å². The number of carbonyl (C=O) groups excluding carboxylic acids is 1. The van der Waals surface area contributed by atoms with Crippen molar-refractivity contribution in [3.05, 3.63) is 53.8 Å². The van der Waals surface area contributed by atoms with E-state index in [2.05, 4.69) is 10.3 Å². The summed E-state index contributed by atoms with van der Waals surface area (Å²) in [5, 5.41) is 3.20. The van der Waals surface area contributed by atoms with Gasteiger partial charge < -0.3 is 5.32 Å². The van der Waals surface area contributed by atoms with E-state index >= 15 is 0 Å². The third-order valence-corrected chi connectivity index (χ3v) is 6.05. The number of aromatic nitrogens is 1. The Bertz CT molecular complexity index is 825. The lowest BCUT2D eigenvalue weighted by Gasteiger charge is -2.23. The fourth-order valence-corrected chi connectivity index (χ4v) is 4.48. The Morgan fingerprint density at radius 1 is 1.17 bits per heavy atom. The van der Waals surface area contributed by atoms with Crippen LogP contribution < -0.4 is 5.32 Å². The van der Waals surface area contributed by atoms with Gasteiger partial charge in [0.2, 0.25) is 15.9 Å². The monoisotopic (exact) mass is 365 g/mol. The summed E-state index contributed by atoms with van der Waals surface area (Å²) >= 11 is 5.81. The zero-order chi connectivity index (χ0) is 17.2. The minimum Gasteiger partial charge on any atom is -0.325 e. The van der Waals surface area contributed by atoms with Crippen LogP contribution in [0.5, 0.6) is 0 Å². The van der Waals surface area contributed by atoms with Crippen LogP contribution in [0, 0.1) is 0 Å². The van der Waals surface area contributed by atoms with E-state index in [1.165, 1.54) is 28.6 Å². The highest BCUT2D eigenvalue weighted by atomic mass is 35.5. The van der Waals surface area contributed by atoms with Gasteiger partial charge in [-0.2, -0.15) is 4.31 Å². The molecule has 0 unspecified atom stereocenters. The topological polar surface area (TPSA) is 79.4 Å². The quantitative estimate of drug-likeness (QED) is 0.902. The molecule has 1 amide bonds. The van der Waals surface area contributed by atoms with E-state index in [9.17, 15) is 13.2 Å². The van der Waals surface area contributed by atoms with Crippen LogP contribution in [0.25, 0.3) is 0 Å². The molecule has 8 heteroatoms. The molecule has 1 aliphatic heterocycles. The summed E-state index contributed by atoms with van der Waals surface area (Å²) < 4.78 is 26.9. The number of nitrogens with one attached hydrogen (secondary N) is 1. The summed E-state index contributed by atoms with van der Waals surface area (Å²) in [5.41, 5.74) is 0.589. The van der Waals surface area contributed by atoms with Crippen molar-refractivity contribution in [2.75, 3.05) is 11.9 Å². The number of hydrogen-bond donors (Lipinski definition) is 1. The maximum atomic E-state index is 12.8. The number of carbonyl (C=O) groups is 1. The van der Waals surface area contributed by atoms with E-state index in [4.69, 9.17) is 11.6 Å². The number of benzene rings is 1. The highest BCUT2D eigenvalue weighted by molar-refractivity contribution is 7.89. The molecule has 0 bridgehead atoms. The van der Waals surface area contributed by atoms with Crippen LogP contribution in [0.4, 0.5) is 5.69 Å². The van der Waals surface area contributed by atoms with Crippen LogP contribution in [0.15, 0.2) is 53.7 Å². The van der Waals surface area contributed by atoms with Gasteiger partial charge in [0, 0.05) is 29.6 Å². The van der Waals surface area contributed by atoms with Crippen LogP contribution in [0.2, 0.25) is 5.02 Å². The molecule has 0 aliphatic carbocycles. The Hall–Kier alpha value is -1.96. The highest BCUT2D eigenvalue weighted by Gasteiger charge is 2.39. The van der Waals surface area contributed by atoms with E-state index in [1.807, 2.05) is 0 Å². The van der Waals surface area contributed by atoms with Crippen LogP contribution in [0.1, 0.15) is 12.8 Å². The molecule has 2 heterocycles. The van der Waals surface area contributed by atoms with E-state index in [0.29, 0.717) is 30.1 Å². The lowest BCUT2D eigenvalue weighted by Crippen LogP contribution is -2.43. The molecule has 2 aromatic rings. The molecule has 0 spiro atoms. The number of amides is 1. The van der Waals surface area contributed by atoms with Gasteiger partial charge in [-0.15, -0.1) is 0 Å². The predicted molar refractivity (Wildman–Crippen MR) is 91.2 cm³/mol. The van der Waals surface area contributed by atoms with Gasteiger partial charge >= 0.3 is 0 Å². The summed E-state index contributed by atoms with van der Waals surface area (Å²) in [6.45, 7) is 0.319. The lowest BCUT2D eigenvalue weighted by molar-refractivity contribution is -0.119. The molecule has 1 saturated heterocycles. The molecule has 0 radical (unpaired) electrons. The number of hydrogen-bond acceptors (Lipinski definition) is 4. The average molecular weight is 366 g/mol. The lowest BCUT2D eigenvalue weighted by atomic mass is 10.2. The fraction of sp³-hybridized carbons (Fsp3) is 0.250. The Morgan fingerprint density at radius 2 is 1.83 bits per heavy atom. The van der Waals surface area contributed by atoms with Crippen molar-refractivity contribution in [1.82, 2.24) is 9.29 Å². The minimum absolute atomic E-state index is 0.135. The summed E-state index contributed by atoms with van der Waals surface area (Å²) in [6, 6.07) is 8.55. The molecular formula is C16H16ClN3O3S. The Morgan fingerprint density at radius 3 is 2.50 bits per heavy atom. The molecule has 24 heavy (non-hydrogen) atoms. The van der Waals surface area contributed by atoms with Crippen molar-refractivity contribution in [3.63, 3.8) is 0 Å². The normalized spacial score (nSPS) is 18.5. The zero-order valence-electron chi connectivity index (χ0n) is 12.7. The second-order valence-electron chi connectivity index (χ2n) is 5.45. The van der Waals surface area contributed by atoms with E-state index in [-0.39, 0.29) is 10.8 Å². The number of rotatable bonds is 4. The third-order valence-electron chi connectivity index (χ3n) is 3.87. The van der Waals surface area contributed by atoms with Gasteiger partial charge in [0.1, 0.15) is 6.04 Å². The highest BCUT2D eigenvalue weighted by Crippen LogP contribution is 2.27. The van der Waals surface area contributed by atoms with Crippen LogP contribution in [-0.4, -0.2) is 36.2 Å². The number of anilines is 1. The molecule has 3 rings (SSSR count). The molecule has 1 atom stereocenters. The zero-order valence-corrected chi connectivity index (χ0v) is 14.3. The fourth-order valence-electron chi connectivity index (χ4n) is 2.69. The maximum absolute atomic E-state index is 12.8. The smallest absolute Gasteiger partial charge is 0.243 e. The Balaban J connectivity index is 1.82. The van der Waals surface area contributed by atoms with Crippen LogP contribution in [0.3, 0.4) is 0 Å². The second kappa shape index (κ2) is 6.88. The average Bonchev–Trinajstić information content (AvgIpc) is 3.07. The summed E-state index contributed by atoms with van der Waals surface area (Å²) in [4.78, 5) is 16.5. The first-order chi connectivity index (χ1) is 11.5.